The standard InChI is InChI=1S/C35H31ClN4O5/c1-22-28(4-3-5-30(22)26-6-7-27-17-38-9-8-25(27)11-26)20-45-33-13-32(44-19-24-10-23(14-37)15-39-16-24)29(12-31(33)36)18-40-35(2,21-41)34(42)43/h3-13,15-17,40-41H,18-21H2,1-2H3,(H,42,43)/t35-/m1/s1. The van der Waals surface area contributed by atoms with Gasteiger partial charge in [-0.2, -0.15) is 5.26 Å². The van der Waals surface area contributed by atoms with Crippen LogP contribution in [0.3, 0.4) is 0 Å². The van der Waals surface area contributed by atoms with Crippen molar-refractivity contribution in [1.82, 2.24) is 15.3 Å². The average Bonchev–Trinajstić information content (AvgIpc) is 3.06. The van der Waals surface area contributed by atoms with Crippen molar-refractivity contribution in [3.8, 4) is 28.7 Å². The van der Waals surface area contributed by atoms with Crippen molar-refractivity contribution in [1.29, 1.82) is 5.26 Å². The van der Waals surface area contributed by atoms with Gasteiger partial charge in [0.2, 0.25) is 0 Å². The van der Waals surface area contributed by atoms with Crippen molar-refractivity contribution >= 4 is 28.3 Å². The second kappa shape index (κ2) is 13.7. The van der Waals surface area contributed by atoms with Gasteiger partial charge in [-0.1, -0.05) is 41.9 Å². The monoisotopic (exact) mass is 622 g/mol. The van der Waals surface area contributed by atoms with Gasteiger partial charge in [-0.25, -0.2) is 0 Å². The molecule has 0 aliphatic rings. The number of benzene rings is 3. The number of ether oxygens (including phenoxy) is 2. The third-order valence-electron chi connectivity index (χ3n) is 7.67. The van der Waals surface area contributed by atoms with Gasteiger partial charge in [-0.15, -0.1) is 0 Å². The summed E-state index contributed by atoms with van der Waals surface area (Å²) in [5, 5.41) is 33.9. The lowest BCUT2D eigenvalue weighted by atomic mass is 9.95. The van der Waals surface area contributed by atoms with Gasteiger partial charge in [0.1, 0.15) is 36.3 Å². The van der Waals surface area contributed by atoms with E-state index in [1.54, 1.807) is 30.6 Å². The van der Waals surface area contributed by atoms with Crippen LogP contribution in [0.15, 0.2) is 85.5 Å². The number of hydrogen-bond acceptors (Lipinski definition) is 8. The minimum absolute atomic E-state index is 0.0398. The number of hydrogen-bond donors (Lipinski definition) is 3. The van der Waals surface area contributed by atoms with Crippen LogP contribution in [0.25, 0.3) is 21.9 Å². The van der Waals surface area contributed by atoms with Gasteiger partial charge in [0, 0.05) is 53.9 Å². The number of aliphatic carboxylic acids is 1. The van der Waals surface area contributed by atoms with Gasteiger partial charge < -0.3 is 19.7 Å². The molecule has 0 radical (unpaired) electrons. The van der Waals surface area contributed by atoms with Crippen LogP contribution >= 0.6 is 11.6 Å². The third kappa shape index (κ3) is 7.21. The van der Waals surface area contributed by atoms with Crippen molar-refractivity contribution in [2.75, 3.05) is 6.61 Å². The molecule has 9 nitrogen and oxygen atoms in total. The lowest BCUT2D eigenvalue weighted by Gasteiger charge is -2.25. The van der Waals surface area contributed by atoms with E-state index in [0.717, 1.165) is 33.0 Å². The smallest absolute Gasteiger partial charge is 0.326 e. The predicted molar refractivity (Wildman–Crippen MR) is 171 cm³/mol. The molecule has 3 N–H and O–H groups in total. The molecule has 5 aromatic rings. The highest BCUT2D eigenvalue weighted by Gasteiger charge is 2.32. The Morgan fingerprint density at radius 3 is 2.58 bits per heavy atom. The highest BCUT2D eigenvalue weighted by molar-refractivity contribution is 6.32. The van der Waals surface area contributed by atoms with Crippen molar-refractivity contribution < 1.29 is 24.5 Å². The number of aromatic nitrogens is 2. The van der Waals surface area contributed by atoms with E-state index in [1.165, 1.54) is 13.1 Å². The molecule has 0 bridgehead atoms. The minimum atomic E-state index is -1.57. The molecular formula is C35H31ClN4O5. The molecular weight excluding hydrogens is 592 g/mol. The molecule has 0 aliphatic heterocycles. The number of nitrogens with one attached hydrogen (secondary N) is 1. The van der Waals surface area contributed by atoms with E-state index in [0.29, 0.717) is 33.2 Å². The lowest BCUT2D eigenvalue weighted by molar-refractivity contribution is -0.145. The second-order valence-corrected chi connectivity index (χ2v) is 11.2. The minimum Gasteiger partial charge on any atom is -0.488 e. The molecule has 2 heterocycles. The van der Waals surface area contributed by atoms with Crippen molar-refractivity contribution in [2.24, 2.45) is 0 Å². The van der Waals surface area contributed by atoms with Gasteiger partial charge in [0.15, 0.2) is 0 Å². The Morgan fingerprint density at radius 2 is 1.80 bits per heavy atom. The highest BCUT2D eigenvalue weighted by atomic mass is 35.5. The number of halogens is 1. The number of carboxylic acid groups (broad SMARTS) is 1. The number of pyridine rings is 2. The summed E-state index contributed by atoms with van der Waals surface area (Å²) in [5.41, 5.74) is 4.28. The fourth-order valence-electron chi connectivity index (χ4n) is 4.80. The normalized spacial score (nSPS) is 12.3. The molecule has 0 saturated heterocycles. The molecule has 0 amide bonds. The zero-order valence-corrected chi connectivity index (χ0v) is 25.5. The van der Waals surface area contributed by atoms with Crippen LogP contribution in [-0.2, 0) is 24.6 Å². The fraction of sp³-hybridized carbons (Fsp3) is 0.200. The summed E-state index contributed by atoms with van der Waals surface area (Å²) in [6.07, 6.45) is 6.69. The van der Waals surface area contributed by atoms with Gasteiger partial charge in [0.05, 0.1) is 17.2 Å². The summed E-state index contributed by atoms with van der Waals surface area (Å²) in [7, 11) is 0. The van der Waals surface area contributed by atoms with Crippen LogP contribution in [0.1, 0.15) is 34.7 Å². The quantitative estimate of drug-likeness (QED) is 0.148. The Bertz CT molecular complexity index is 1910. The number of aliphatic hydroxyl groups is 1. The lowest BCUT2D eigenvalue weighted by Crippen LogP contribution is -2.52. The van der Waals surface area contributed by atoms with Crippen molar-refractivity contribution in [2.45, 2.75) is 39.1 Å². The Kier molecular flexibility index (Phi) is 9.59. The van der Waals surface area contributed by atoms with Crippen LogP contribution in [-0.4, -0.2) is 38.3 Å². The van der Waals surface area contributed by atoms with E-state index in [4.69, 9.17) is 21.1 Å². The number of rotatable bonds is 12. The van der Waals surface area contributed by atoms with Crippen LogP contribution in [0.2, 0.25) is 5.02 Å². The number of carboxylic acids is 1. The Hall–Kier alpha value is -5.01. The van der Waals surface area contributed by atoms with Gasteiger partial charge in [0.25, 0.3) is 0 Å². The van der Waals surface area contributed by atoms with Gasteiger partial charge in [-0.05, 0) is 65.8 Å². The maximum atomic E-state index is 11.7. The van der Waals surface area contributed by atoms with E-state index >= 15 is 0 Å². The van der Waals surface area contributed by atoms with Gasteiger partial charge in [-0.3, -0.25) is 20.1 Å². The summed E-state index contributed by atoms with van der Waals surface area (Å²) >= 11 is 6.67. The van der Waals surface area contributed by atoms with Gasteiger partial charge >= 0.3 is 5.97 Å². The Balaban J connectivity index is 1.40. The van der Waals surface area contributed by atoms with Crippen LogP contribution in [0, 0.1) is 18.3 Å². The number of carbonyl (C=O) groups is 1. The maximum Gasteiger partial charge on any atom is 0.326 e. The molecule has 45 heavy (non-hydrogen) atoms. The van der Waals surface area contributed by atoms with E-state index in [9.17, 15) is 20.3 Å². The first-order chi connectivity index (χ1) is 21.7. The SMILES string of the molecule is Cc1c(COc2cc(OCc3cncc(C#N)c3)c(CN[C@](C)(CO)C(=O)O)cc2Cl)cccc1-c1ccc2cnccc2c1. The highest BCUT2D eigenvalue weighted by Crippen LogP contribution is 2.35. The summed E-state index contributed by atoms with van der Waals surface area (Å²) in [6.45, 7) is 3.20. The summed E-state index contributed by atoms with van der Waals surface area (Å²) in [6, 6.07) is 21.4. The van der Waals surface area contributed by atoms with Crippen LogP contribution < -0.4 is 14.8 Å². The number of nitrogens with zero attached hydrogens (tertiary/aromatic N) is 3. The van der Waals surface area contributed by atoms with Crippen molar-refractivity contribution in [3.05, 3.63) is 118 Å². The first kappa shape index (κ1) is 31.4. The average molecular weight is 623 g/mol. The molecule has 5 rings (SSSR count). The molecule has 0 unspecified atom stereocenters. The Labute approximate surface area is 265 Å². The largest absolute Gasteiger partial charge is 0.488 e. The number of aliphatic hydroxyl groups excluding tert-OH is 1. The first-order valence-corrected chi connectivity index (χ1v) is 14.5. The molecule has 0 spiro atoms. The van der Waals surface area contributed by atoms with E-state index in [2.05, 4.69) is 52.5 Å². The molecule has 0 saturated carbocycles. The van der Waals surface area contributed by atoms with Crippen LogP contribution in [0.5, 0.6) is 11.5 Å². The van der Waals surface area contributed by atoms with Crippen LogP contribution in [0.4, 0.5) is 0 Å². The summed E-state index contributed by atoms with van der Waals surface area (Å²) in [5.74, 6) is -0.423. The fourth-order valence-corrected chi connectivity index (χ4v) is 5.04. The zero-order chi connectivity index (χ0) is 32.0. The zero-order valence-electron chi connectivity index (χ0n) is 24.8. The number of fused-ring (bicyclic) bond motifs is 1. The Morgan fingerprint density at radius 1 is 0.978 bits per heavy atom. The van der Waals surface area contributed by atoms with E-state index in [-0.39, 0.29) is 19.8 Å². The molecule has 0 aliphatic carbocycles. The van der Waals surface area contributed by atoms with E-state index in [1.807, 2.05) is 24.4 Å². The van der Waals surface area contributed by atoms with E-state index < -0.39 is 18.1 Å². The maximum absolute atomic E-state index is 11.7. The third-order valence-corrected chi connectivity index (χ3v) is 7.97. The number of nitriles is 1. The second-order valence-electron chi connectivity index (χ2n) is 10.8. The summed E-state index contributed by atoms with van der Waals surface area (Å²) in [4.78, 5) is 20.0. The molecule has 228 valence electrons. The predicted octanol–water partition coefficient (Wildman–Crippen LogP) is 6.21. The topological polar surface area (TPSA) is 138 Å². The molecule has 10 heteroatoms. The van der Waals surface area contributed by atoms with Crippen molar-refractivity contribution in [3.63, 3.8) is 0 Å². The molecule has 2 aromatic heterocycles. The molecule has 0 fully saturated rings. The first-order valence-electron chi connectivity index (χ1n) is 14.1. The molecule has 1 atom stereocenters. The molecule has 3 aromatic carbocycles. The summed E-state index contributed by atoms with van der Waals surface area (Å²) < 4.78 is 12.3.